The first-order valence-corrected chi connectivity index (χ1v) is 6.42. The summed E-state index contributed by atoms with van der Waals surface area (Å²) < 4.78 is 0. The van der Waals surface area contributed by atoms with Gasteiger partial charge in [-0.25, -0.2) is 0 Å². The van der Waals surface area contributed by atoms with Crippen LogP contribution in [0.15, 0.2) is 48.2 Å². The summed E-state index contributed by atoms with van der Waals surface area (Å²) in [6.45, 7) is 5.43. The highest BCUT2D eigenvalue weighted by Gasteiger charge is 2.13. The fraction of sp³-hybridized carbons (Fsp3) is 0.312. The summed E-state index contributed by atoms with van der Waals surface area (Å²) in [7, 11) is 0. The molecule has 17 heavy (non-hydrogen) atoms. The summed E-state index contributed by atoms with van der Waals surface area (Å²) >= 11 is 0. The molecule has 0 spiro atoms. The maximum atomic E-state index is 2.39. The van der Waals surface area contributed by atoms with Crippen LogP contribution < -0.4 is 4.90 Å². The Hall–Kier alpha value is -1.50. The molecule has 89 valence electrons. The van der Waals surface area contributed by atoms with Crippen molar-refractivity contribution in [1.29, 1.82) is 0 Å². The molecule has 0 atom stereocenters. The van der Waals surface area contributed by atoms with Gasteiger partial charge in [0.25, 0.3) is 0 Å². The van der Waals surface area contributed by atoms with Gasteiger partial charge in [-0.2, -0.15) is 0 Å². The minimum Gasteiger partial charge on any atom is -0.345 e. The predicted molar refractivity (Wildman–Crippen MR) is 75.0 cm³/mol. The first kappa shape index (κ1) is 12.0. The Bertz CT molecular complexity index is 429. The minimum absolute atomic E-state index is 1.01. The van der Waals surface area contributed by atoms with E-state index in [0.717, 1.165) is 19.4 Å². The first-order valence-electron chi connectivity index (χ1n) is 6.42. The number of nitrogens with zero attached hydrogens (tertiary/aromatic N) is 1. The van der Waals surface area contributed by atoms with Crippen LogP contribution in [0.5, 0.6) is 0 Å². The maximum absolute atomic E-state index is 2.39. The molecule has 0 saturated carbocycles. The molecule has 1 radical (unpaired) electrons. The van der Waals surface area contributed by atoms with Gasteiger partial charge in [-0.05, 0) is 37.5 Å². The zero-order valence-electron chi connectivity index (χ0n) is 10.7. The van der Waals surface area contributed by atoms with E-state index >= 15 is 0 Å². The van der Waals surface area contributed by atoms with Gasteiger partial charge < -0.3 is 4.90 Å². The lowest BCUT2D eigenvalue weighted by Gasteiger charge is -2.29. The van der Waals surface area contributed by atoms with Gasteiger partial charge in [0.2, 0.25) is 0 Å². The van der Waals surface area contributed by atoms with Crippen molar-refractivity contribution in [2.24, 2.45) is 0 Å². The fourth-order valence-corrected chi connectivity index (χ4v) is 2.27. The van der Waals surface area contributed by atoms with E-state index in [2.05, 4.69) is 67.7 Å². The molecule has 0 saturated heterocycles. The fourth-order valence-electron chi connectivity index (χ4n) is 2.27. The van der Waals surface area contributed by atoms with Crippen molar-refractivity contribution in [3.63, 3.8) is 0 Å². The van der Waals surface area contributed by atoms with E-state index in [1.807, 2.05) is 0 Å². The molecule has 1 aliphatic rings. The van der Waals surface area contributed by atoms with Gasteiger partial charge in [-0.3, -0.25) is 0 Å². The molecule has 0 heterocycles. The Balaban J connectivity index is 2.34. The monoisotopic (exact) mass is 226 g/mol. The van der Waals surface area contributed by atoms with Gasteiger partial charge in [0, 0.05) is 24.4 Å². The molecule has 1 heteroatoms. The van der Waals surface area contributed by atoms with Gasteiger partial charge in [-0.15, -0.1) is 0 Å². The molecular weight excluding hydrogens is 206 g/mol. The van der Waals surface area contributed by atoms with Crippen LogP contribution >= 0.6 is 0 Å². The average molecular weight is 226 g/mol. The number of hydrogen-bond acceptors (Lipinski definition) is 1. The Kier molecular flexibility index (Phi) is 4.03. The molecule has 0 aliphatic heterocycles. The lowest BCUT2D eigenvalue weighted by Crippen LogP contribution is -2.24. The molecule has 0 aromatic heterocycles. The lowest BCUT2D eigenvalue weighted by molar-refractivity contribution is 0.925. The van der Waals surface area contributed by atoms with Crippen LogP contribution in [0.25, 0.3) is 0 Å². The van der Waals surface area contributed by atoms with E-state index in [0.29, 0.717) is 0 Å². The standard InChI is InChI=1S/C16H20N/c1-3-14-10-8-9-13-16(14)17(4-2)15-11-6-5-7-12-15/h5-6,8-13H,3-4,7H2,1-2H3. The van der Waals surface area contributed by atoms with Gasteiger partial charge in [0.1, 0.15) is 0 Å². The third-order valence-electron chi connectivity index (χ3n) is 3.16. The number of benzene rings is 1. The minimum atomic E-state index is 1.01. The molecule has 1 aromatic carbocycles. The highest BCUT2D eigenvalue weighted by molar-refractivity contribution is 5.60. The normalized spacial score (nSPS) is 14.6. The van der Waals surface area contributed by atoms with Crippen molar-refractivity contribution in [1.82, 2.24) is 0 Å². The SMILES string of the molecule is CCc1ccccc1N(CC)C1=CC=CC[CH]1. The quantitative estimate of drug-likeness (QED) is 0.746. The van der Waals surface area contributed by atoms with Gasteiger partial charge in [0.05, 0.1) is 0 Å². The molecule has 1 aromatic rings. The second kappa shape index (κ2) is 5.72. The van der Waals surface area contributed by atoms with Crippen molar-refractivity contribution in [2.75, 3.05) is 11.4 Å². The number of hydrogen-bond donors (Lipinski definition) is 0. The largest absolute Gasteiger partial charge is 0.345 e. The van der Waals surface area contributed by atoms with Crippen LogP contribution in [-0.4, -0.2) is 6.54 Å². The number of allylic oxidation sites excluding steroid dienone is 4. The third-order valence-corrected chi connectivity index (χ3v) is 3.16. The summed E-state index contributed by atoms with van der Waals surface area (Å²) in [4.78, 5) is 2.39. The second-order valence-corrected chi connectivity index (χ2v) is 4.19. The second-order valence-electron chi connectivity index (χ2n) is 4.19. The summed E-state index contributed by atoms with van der Waals surface area (Å²) in [5, 5.41) is 0. The van der Waals surface area contributed by atoms with Crippen molar-refractivity contribution >= 4 is 5.69 Å². The van der Waals surface area contributed by atoms with Crippen LogP contribution in [0.4, 0.5) is 5.69 Å². The van der Waals surface area contributed by atoms with E-state index in [9.17, 15) is 0 Å². The van der Waals surface area contributed by atoms with Crippen molar-refractivity contribution in [3.05, 3.63) is 60.2 Å². The topological polar surface area (TPSA) is 3.24 Å². The first-order chi connectivity index (χ1) is 8.36. The molecular formula is C16H20N. The molecule has 2 rings (SSSR count). The van der Waals surface area contributed by atoms with Crippen LogP contribution in [0.1, 0.15) is 25.8 Å². The predicted octanol–water partition coefficient (Wildman–Crippen LogP) is 4.12. The molecule has 1 nitrogen and oxygen atoms in total. The van der Waals surface area contributed by atoms with Crippen molar-refractivity contribution < 1.29 is 0 Å². The Morgan fingerprint density at radius 2 is 2.00 bits per heavy atom. The van der Waals surface area contributed by atoms with Crippen molar-refractivity contribution in [2.45, 2.75) is 26.7 Å². The zero-order valence-corrected chi connectivity index (χ0v) is 10.7. The van der Waals surface area contributed by atoms with Crippen molar-refractivity contribution in [3.8, 4) is 0 Å². The number of para-hydroxylation sites is 1. The van der Waals surface area contributed by atoms with E-state index in [1.54, 1.807) is 0 Å². The van der Waals surface area contributed by atoms with E-state index < -0.39 is 0 Å². The van der Waals surface area contributed by atoms with Crippen LogP contribution in [0.3, 0.4) is 0 Å². The summed E-state index contributed by atoms with van der Waals surface area (Å²) in [5.74, 6) is 0. The summed E-state index contributed by atoms with van der Waals surface area (Å²) in [6, 6.07) is 8.68. The molecule has 0 N–H and O–H groups in total. The lowest BCUT2D eigenvalue weighted by atomic mass is 10.1. The zero-order chi connectivity index (χ0) is 12.1. The smallest absolute Gasteiger partial charge is 0.0440 e. The van der Waals surface area contributed by atoms with Gasteiger partial charge in [0.15, 0.2) is 0 Å². The Morgan fingerprint density at radius 1 is 1.18 bits per heavy atom. The summed E-state index contributed by atoms with van der Waals surface area (Å²) in [6.07, 6.45) is 10.9. The molecule has 0 unspecified atom stereocenters. The van der Waals surface area contributed by atoms with E-state index in [-0.39, 0.29) is 0 Å². The summed E-state index contributed by atoms with van der Waals surface area (Å²) in [5.41, 5.74) is 4.07. The number of aryl methyl sites for hydroxylation is 1. The molecule has 0 fully saturated rings. The maximum Gasteiger partial charge on any atom is 0.0440 e. The third kappa shape index (κ3) is 2.60. The Labute approximate surface area is 104 Å². The van der Waals surface area contributed by atoms with Crippen LogP contribution in [-0.2, 0) is 6.42 Å². The molecule has 0 amide bonds. The van der Waals surface area contributed by atoms with E-state index in [1.165, 1.54) is 16.9 Å². The van der Waals surface area contributed by atoms with Gasteiger partial charge in [-0.1, -0.05) is 37.3 Å². The number of anilines is 1. The molecule has 1 aliphatic carbocycles. The Morgan fingerprint density at radius 3 is 2.65 bits per heavy atom. The van der Waals surface area contributed by atoms with Crippen LogP contribution in [0.2, 0.25) is 0 Å². The van der Waals surface area contributed by atoms with Gasteiger partial charge >= 0.3 is 0 Å². The van der Waals surface area contributed by atoms with Crippen LogP contribution in [0, 0.1) is 6.42 Å². The number of rotatable bonds is 4. The highest BCUT2D eigenvalue weighted by Crippen LogP contribution is 2.27. The van der Waals surface area contributed by atoms with E-state index in [4.69, 9.17) is 0 Å². The highest BCUT2D eigenvalue weighted by atomic mass is 15.1. The average Bonchev–Trinajstić information content (AvgIpc) is 2.41. The molecule has 0 bridgehead atoms.